The van der Waals surface area contributed by atoms with Gasteiger partial charge >= 0.3 is 6.09 Å². The van der Waals surface area contributed by atoms with Crippen LogP contribution < -0.4 is 5.32 Å². The Morgan fingerprint density at radius 3 is 2.14 bits per heavy atom. The number of fused-ring (bicyclic) bond motifs is 1. The number of likely N-dealkylation sites (tertiary alicyclic amines) is 1. The molecule has 2 unspecified atom stereocenters. The molecule has 9 heteroatoms. The van der Waals surface area contributed by atoms with Gasteiger partial charge in [-0.15, -0.1) is 0 Å². The van der Waals surface area contributed by atoms with Gasteiger partial charge in [0.25, 0.3) is 0 Å². The third kappa shape index (κ3) is 4.79. The van der Waals surface area contributed by atoms with E-state index in [2.05, 4.69) is 11.9 Å². The summed E-state index contributed by atoms with van der Waals surface area (Å²) in [6.07, 6.45) is 0.798. The fourth-order valence-corrected chi connectivity index (χ4v) is 5.23. The lowest BCUT2D eigenvalue weighted by Gasteiger charge is -2.26. The van der Waals surface area contributed by atoms with Crippen molar-refractivity contribution in [3.63, 3.8) is 0 Å². The van der Waals surface area contributed by atoms with E-state index in [0.29, 0.717) is 31.9 Å². The number of hydrogen-bond acceptors (Lipinski definition) is 5. The molecule has 0 bridgehead atoms. The summed E-state index contributed by atoms with van der Waals surface area (Å²) in [6, 6.07) is 6.06. The van der Waals surface area contributed by atoms with E-state index in [1.165, 1.54) is 16.4 Å². The van der Waals surface area contributed by atoms with Crippen LogP contribution in [0.25, 0.3) is 0 Å². The van der Waals surface area contributed by atoms with Crippen LogP contribution in [0, 0.1) is 11.8 Å². The predicted molar refractivity (Wildman–Crippen MR) is 109 cm³/mol. The number of nitrogens with zero attached hydrogens (tertiary/aromatic N) is 2. The molecule has 0 saturated carbocycles. The normalized spacial score (nSPS) is 22.2. The Hall–Kier alpha value is -2.39. The second-order valence-corrected chi connectivity index (χ2v) is 10.4. The van der Waals surface area contributed by atoms with E-state index in [0.717, 1.165) is 6.08 Å². The van der Waals surface area contributed by atoms with Crippen LogP contribution in [0.2, 0.25) is 0 Å². The second-order valence-electron chi connectivity index (χ2n) is 8.45. The first kappa shape index (κ1) is 21.3. The summed E-state index contributed by atoms with van der Waals surface area (Å²) in [4.78, 5) is 25.4. The van der Waals surface area contributed by atoms with Gasteiger partial charge in [-0.3, -0.25) is 4.79 Å². The second kappa shape index (κ2) is 7.79. The van der Waals surface area contributed by atoms with Gasteiger partial charge in [-0.1, -0.05) is 6.58 Å². The van der Waals surface area contributed by atoms with Gasteiger partial charge in [0.2, 0.25) is 15.9 Å². The van der Waals surface area contributed by atoms with E-state index in [1.807, 2.05) is 20.8 Å². The third-order valence-corrected chi connectivity index (χ3v) is 6.90. The number of carbonyl (C=O) groups excluding carboxylic acids is 2. The standard InChI is InChI=1S/C20H27N3O5S/c1-5-18(24)21-16-6-8-17(9-7-16)29(26,27)23-12-14-10-22(11-15(14)13-23)19(25)28-20(2,3)4/h5-9,14-15H,1,10-13H2,2-4H3,(H,21,24). The minimum Gasteiger partial charge on any atom is -0.444 e. The Labute approximate surface area is 171 Å². The van der Waals surface area contributed by atoms with Crippen molar-refractivity contribution in [2.75, 3.05) is 31.5 Å². The zero-order valence-electron chi connectivity index (χ0n) is 16.9. The van der Waals surface area contributed by atoms with Crippen molar-refractivity contribution < 1.29 is 22.7 Å². The highest BCUT2D eigenvalue weighted by Gasteiger charge is 2.46. The molecule has 1 aromatic rings. The number of nitrogens with one attached hydrogen (secondary N) is 1. The van der Waals surface area contributed by atoms with Gasteiger partial charge in [-0.25, -0.2) is 13.2 Å². The maximum atomic E-state index is 13.0. The SMILES string of the molecule is C=CC(=O)Nc1ccc(S(=O)(=O)N2CC3CN(C(=O)OC(C)(C)C)CC3C2)cc1. The Morgan fingerprint density at radius 2 is 1.66 bits per heavy atom. The van der Waals surface area contributed by atoms with Crippen LogP contribution in [-0.2, 0) is 19.6 Å². The number of hydrogen-bond donors (Lipinski definition) is 1. The number of benzene rings is 1. The lowest BCUT2D eigenvalue weighted by atomic mass is 10.0. The minimum absolute atomic E-state index is 0.100. The van der Waals surface area contributed by atoms with Crippen molar-refractivity contribution >= 4 is 27.7 Å². The van der Waals surface area contributed by atoms with Gasteiger partial charge < -0.3 is 15.0 Å². The quantitative estimate of drug-likeness (QED) is 0.753. The molecule has 2 amide bonds. The number of anilines is 1. The molecule has 0 aromatic heterocycles. The van der Waals surface area contributed by atoms with E-state index < -0.39 is 15.6 Å². The average Bonchev–Trinajstić information content (AvgIpc) is 3.20. The molecule has 0 radical (unpaired) electrons. The van der Waals surface area contributed by atoms with E-state index in [9.17, 15) is 18.0 Å². The fraction of sp³-hybridized carbons (Fsp3) is 0.500. The molecule has 1 aromatic carbocycles. The molecule has 2 fully saturated rings. The first-order valence-corrected chi connectivity index (χ1v) is 10.9. The molecule has 2 aliphatic heterocycles. The van der Waals surface area contributed by atoms with Crippen LogP contribution >= 0.6 is 0 Å². The van der Waals surface area contributed by atoms with E-state index in [-0.39, 0.29) is 28.7 Å². The monoisotopic (exact) mass is 421 g/mol. The van der Waals surface area contributed by atoms with E-state index >= 15 is 0 Å². The maximum Gasteiger partial charge on any atom is 0.410 e. The summed E-state index contributed by atoms with van der Waals surface area (Å²) < 4.78 is 32.8. The first-order chi connectivity index (χ1) is 13.5. The van der Waals surface area contributed by atoms with Gasteiger partial charge in [-0.05, 0) is 62.9 Å². The third-order valence-electron chi connectivity index (χ3n) is 5.05. The van der Waals surface area contributed by atoms with Gasteiger partial charge in [0, 0.05) is 31.9 Å². The van der Waals surface area contributed by atoms with Crippen molar-refractivity contribution in [1.29, 1.82) is 0 Å². The largest absolute Gasteiger partial charge is 0.444 e. The summed E-state index contributed by atoms with van der Waals surface area (Å²) in [5.74, 6) is -0.158. The summed E-state index contributed by atoms with van der Waals surface area (Å²) in [5, 5.41) is 2.59. The van der Waals surface area contributed by atoms with Crippen LogP contribution in [0.1, 0.15) is 20.8 Å². The molecular formula is C20H27N3O5S. The molecule has 2 aliphatic rings. The lowest BCUT2D eigenvalue weighted by molar-refractivity contribution is -0.111. The highest BCUT2D eigenvalue weighted by atomic mass is 32.2. The average molecular weight is 422 g/mol. The molecule has 1 N–H and O–H groups in total. The van der Waals surface area contributed by atoms with Gasteiger partial charge in [0.15, 0.2) is 0 Å². The number of amides is 2. The zero-order chi connectivity index (χ0) is 21.4. The summed E-state index contributed by atoms with van der Waals surface area (Å²) in [6.45, 7) is 10.6. The molecule has 29 heavy (non-hydrogen) atoms. The molecule has 0 spiro atoms. The molecule has 2 atom stereocenters. The van der Waals surface area contributed by atoms with Crippen LogP contribution in [0.4, 0.5) is 10.5 Å². The molecule has 158 valence electrons. The first-order valence-electron chi connectivity index (χ1n) is 9.51. The highest BCUT2D eigenvalue weighted by molar-refractivity contribution is 7.89. The number of rotatable bonds is 4. The zero-order valence-corrected chi connectivity index (χ0v) is 17.7. The van der Waals surface area contributed by atoms with Gasteiger partial charge in [0.1, 0.15) is 5.60 Å². The Morgan fingerprint density at radius 1 is 1.10 bits per heavy atom. The Bertz CT molecular complexity index is 891. The fourth-order valence-electron chi connectivity index (χ4n) is 3.67. The minimum atomic E-state index is -3.63. The molecule has 8 nitrogen and oxygen atoms in total. The Kier molecular flexibility index (Phi) is 5.73. The van der Waals surface area contributed by atoms with Crippen LogP contribution in [0.5, 0.6) is 0 Å². The maximum absolute atomic E-state index is 13.0. The summed E-state index contributed by atoms with van der Waals surface area (Å²) in [5.41, 5.74) is -0.0540. The highest BCUT2D eigenvalue weighted by Crippen LogP contribution is 2.35. The molecular weight excluding hydrogens is 394 g/mol. The van der Waals surface area contributed by atoms with Crippen molar-refractivity contribution in [2.24, 2.45) is 11.8 Å². The van der Waals surface area contributed by atoms with Crippen molar-refractivity contribution in [3.8, 4) is 0 Å². The van der Waals surface area contributed by atoms with E-state index in [4.69, 9.17) is 4.74 Å². The molecule has 0 aliphatic carbocycles. The molecule has 2 saturated heterocycles. The number of carbonyl (C=O) groups is 2. The summed E-state index contributed by atoms with van der Waals surface area (Å²) in [7, 11) is -3.63. The van der Waals surface area contributed by atoms with Crippen molar-refractivity contribution in [3.05, 3.63) is 36.9 Å². The van der Waals surface area contributed by atoms with Crippen LogP contribution in [0.3, 0.4) is 0 Å². The van der Waals surface area contributed by atoms with Crippen LogP contribution in [-0.4, -0.2) is 61.4 Å². The van der Waals surface area contributed by atoms with Crippen molar-refractivity contribution in [2.45, 2.75) is 31.3 Å². The summed E-state index contributed by atoms with van der Waals surface area (Å²) >= 11 is 0. The van der Waals surface area contributed by atoms with E-state index in [1.54, 1.807) is 17.0 Å². The van der Waals surface area contributed by atoms with Crippen LogP contribution in [0.15, 0.2) is 41.8 Å². The van der Waals surface area contributed by atoms with Gasteiger partial charge in [0.05, 0.1) is 4.90 Å². The van der Waals surface area contributed by atoms with Crippen molar-refractivity contribution in [1.82, 2.24) is 9.21 Å². The molecule has 2 heterocycles. The predicted octanol–water partition coefficient (Wildman–Crippen LogP) is 2.30. The Balaban J connectivity index is 1.63. The molecule has 3 rings (SSSR count). The topological polar surface area (TPSA) is 96.0 Å². The lowest BCUT2D eigenvalue weighted by Crippen LogP contribution is -2.38. The number of ether oxygens (including phenoxy) is 1. The van der Waals surface area contributed by atoms with Gasteiger partial charge in [-0.2, -0.15) is 4.31 Å². The smallest absolute Gasteiger partial charge is 0.410 e. The number of sulfonamides is 1.